The highest BCUT2D eigenvalue weighted by molar-refractivity contribution is 8.12. The van der Waals surface area contributed by atoms with E-state index in [1.807, 2.05) is 0 Å². The van der Waals surface area contributed by atoms with Crippen molar-refractivity contribution >= 4 is 32.6 Å². The van der Waals surface area contributed by atoms with Crippen molar-refractivity contribution in [2.24, 2.45) is 4.99 Å². The van der Waals surface area contributed by atoms with Gasteiger partial charge in [0.25, 0.3) is 0 Å². The summed E-state index contributed by atoms with van der Waals surface area (Å²) in [5.41, 5.74) is 0. The van der Waals surface area contributed by atoms with E-state index in [9.17, 15) is 13.2 Å². The van der Waals surface area contributed by atoms with Crippen LogP contribution in [0.4, 0.5) is 0 Å². The SMILES string of the molecule is CSCC1=CN=C(C(=O)O)S1(=O)=O. The van der Waals surface area contributed by atoms with Crippen molar-refractivity contribution in [1.29, 1.82) is 0 Å². The second-order valence-electron chi connectivity index (χ2n) is 2.27. The van der Waals surface area contributed by atoms with Gasteiger partial charge in [0, 0.05) is 12.0 Å². The molecule has 0 saturated carbocycles. The zero-order chi connectivity index (χ0) is 10.1. The second-order valence-corrected chi connectivity index (χ2v) is 5.06. The van der Waals surface area contributed by atoms with Gasteiger partial charge in [-0.1, -0.05) is 0 Å². The normalized spacial score (nSPS) is 19.5. The Morgan fingerprint density at radius 3 is 2.69 bits per heavy atom. The number of aliphatic carboxylic acids is 1. The van der Waals surface area contributed by atoms with E-state index in [4.69, 9.17) is 5.11 Å². The second kappa shape index (κ2) is 3.51. The number of nitrogens with zero attached hydrogens (tertiary/aromatic N) is 1. The molecule has 13 heavy (non-hydrogen) atoms. The van der Waals surface area contributed by atoms with Crippen LogP contribution in [-0.2, 0) is 14.6 Å². The number of aliphatic imine (C=N–C) groups is 1. The average molecular weight is 221 g/mol. The number of carboxylic acids is 1. The molecule has 1 aliphatic heterocycles. The van der Waals surface area contributed by atoms with E-state index in [0.29, 0.717) is 0 Å². The molecule has 0 aromatic rings. The summed E-state index contributed by atoms with van der Waals surface area (Å²) in [5.74, 6) is -1.25. The van der Waals surface area contributed by atoms with E-state index in [2.05, 4.69) is 4.99 Å². The number of rotatable bonds is 3. The van der Waals surface area contributed by atoms with Crippen LogP contribution in [0.15, 0.2) is 16.1 Å². The van der Waals surface area contributed by atoms with Gasteiger partial charge in [0.2, 0.25) is 14.9 Å². The summed E-state index contributed by atoms with van der Waals surface area (Å²) in [6, 6.07) is 0. The number of hydrogen-bond donors (Lipinski definition) is 1. The van der Waals surface area contributed by atoms with Crippen molar-refractivity contribution in [3.8, 4) is 0 Å². The molecule has 1 N–H and O–H groups in total. The molecule has 7 heteroatoms. The minimum absolute atomic E-state index is 0.0531. The van der Waals surface area contributed by atoms with Gasteiger partial charge >= 0.3 is 5.97 Å². The Labute approximate surface area is 79.5 Å². The summed E-state index contributed by atoms with van der Waals surface area (Å²) in [6.45, 7) is 0. The first-order chi connectivity index (χ1) is 6.00. The highest BCUT2D eigenvalue weighted by Crippen LogP contribution is 2.20. The van der Waals surface area contributed by atoms with Gasteiger partial charge in [-0.15, -0.1) is 0 Å². The molecule has 0 aromatic carbocycles. The summed E-state index contributed by atoms with van der Waals surface area (Å²) >= 11 is 1.30. The van der Waals surface area contributed by atoms with Gasteiger partial charge in [0.1, 0.15) is 0 Å². The number of hydrogen-bond acceptors (Lipinski definition) is 5. The largest absolute Gasteiger partial charge is 0.476 e. The fourth-order valence-corrected chi connectivity index (χ4v) is 3.02. The standard InChI is InChI=1S/C6H7NO4S2/c1-12-3-4-2-7-5(6(8)9)13(4,10)11/h2H,3H2,1H3,(H,8,9). The molecule has 0 aromatic heterocycles. The molecule has 0 bridgehead atoms. The molecular formula is C6H7NO4S2. The van der Waals surface area contributed by atoms with E-state index in [1.165, 1.54) is 11.8 Å². The van der Waals surface area contributed by atoms with E-state index in [0.717, 1.165) is 6.20 Å². The Hall–Kier alpha value is -0.820. The Kier molecular flexibility index (Phi) is 2.77. The van der Waals surface area contributed by atoms with Crippen molar-refractivity contribution in [3.05, 3.63) is 11.1 Å². The molecule has 72 valence electrons. The molecule has 0 radical (unpaired) electrons. The van der Waals surface area contributed by atoms with Gasteiger partial charge in [0.15, 0.2) is 0 Å². The summed E-state index contributed by atoms with van der Waals surface area (Å²) in [5, 5.41) is 7.70. The molecule has 0 fully saturated rings. The number of sulfone groups is 1. The predicted octanol–water partition coefficient (Wildman–Crippen LogP) is 0.102. The van der Waals surface area contributed by atoms with E-state index >= 15 is 0 Å². The molecule has 0 amide bonds. The first-order valence-corrected chi connectivity index (χ1v) is 6.12. The van der Waals surface area contributed by atoms with Gasteiger partial charge in [-0.05, 0) is 6.26 Å². The molecule has 0 saturated heterocycles. The lowest BCUT2D eigenvalue weighted by molar-refractivity contribution is -0.129. The Bertz CT molecular complexity index is 393. The van der Waals surface area contributed by atoms with Gasteiger partial charge in [-0.3, -0.25) is 0 Å². The predicted molar refractivity (Wildman–Crippen MR) is 50.5 cm³/mol. The van der Waals surface area contributed by atoms with Crippen LogP contribution in [0.3, 0.4) is 0 Å². The minimum atomic E-state index is -3.80. The van der Waals surface area contributed by atoms with Crippen LogP contribution in [-0.4, -0.2) is 36.5 Å². The maximum atomic E-state index is 11.3. The van der Waals surface area contributed by atoms with Crippen molar-refractivity contribution in [3.63, 3.8) is 0 Å². The van der Waals surface area contributed by atoms with Crippen LogP contribution in [0, 0.1) is 0 Å². The highest BCUT2D eigenvalue weighted by Gasteiger charge is 2.34. The van der Waals surface area contributed by atoms with Crippen LogP contribution in [0.2, 0.25) is 0 Å². The molecule has 0 aliphatic carbocycles. The summed E-state index contributed by atoms with van der Waals surface area (Å²) in [6.07, 6.45) is 2.82. The summed E-state index contributed by atoms with van der Waals surface area (Å²) < 4.78 is 22.7. The highest BCUT2D eigenvalue weighted by atomic mass is 32.2. The summed E-state index contributed by atoms with van der Waals surface area (Å²) in [7, 11) is -3.80. The van der Waals surface area contributed by atoms with Crippen molar-refractivity contribution in [1.82, 2.24) is 0 Å². The van der Waals surface area contributed by atoms with Gasteiger partial charge in [0.05, 0.1) is 4.91 Å². The molecule has 0 unspecified atom stereocenters. The maximum Gasteiger partial charge on any atom is 0.366 e. The van der Waals surface area contributed by atoms with E-state index < -0.39 is 20.9 Å². The monoisotopic (exact) mass is 221 g/mol. The van der Waals surface area contributed by atoms with Gasteiger partial charge in [-0.25, -0.2) is 18.2 Å². The number of carbonyl (C=O) groups is 1. The molecule has 0 atom stereocenters. The van der Waals surface area contributed by atoms with Gasteiger partial charge in [-0.2, -0.15) is 11.8 Å². The topological polar surface area (TPSA) is 83.8 Å². The third-order valence-electron chi connectivity index (χ3n) is 1.40. The zero-order valence-corrected chi connectivity index (χ0v) is 8.35. The van der Waals surface area contributed by atoms with Crippen LogP contribution < -0.4 is 0 Å². The van der Waals surface area contributed by atoms with Crippen LogP contribution in [0.5, 0.6) is 0 Å². The van der Waals surface area contributed by atoms with Gasteiger partial charge < -0.3 is 5.11 Å². The molecule has 1 aliphatic rings. The Morgan fingerprint density at radius 2 is 2.31 bits per heavy atom. The molecule has 0 spiro atoms. The van der Waals surface area contributed by atoms with Crippen LogP contribution in [0.25, 0.3) is 0 Å². The Balaban J connectivity index is 3.02. The lowest BCUT2D eigenvalue weighted by Gasteiger charge is -1.99. The third-order valence-corrected chi connectivity index (χ3v) is 3.91. The smallest absolute Gasteiger partial charge is 0.366 e. The number of thioether (sulfide) groups is 1. The Morgan fingerprint density at radius 1 is 1.69 bits per heavy atom. The molecule has 1 rings (SSSR count). The van der Waals surface area contributed by atoms with E-state index in [-0.39, 0.29) is 10.7 Å². The average Bonchev–Trinajstić information content (AvgIpc) is 2.28. The fraction of sp³-hybridized carbons (Fsp3) is 0.333. The molecule has 1 heterocycles. The third kappa shape index (κ3) is 1.75. The number of carboxylic acid groups (broad SMARTS) is 1. The van der Waals surface area contributed by atoms with Crippen molar-refractivity contribution < 1.29 is 18.3 Å². The quantitative estimate of drug-likeness (QED) is 0.730. The summed E-state index contributed by atoms with van der Waals surface area (Å²) in [4.78, 5) is 13.8. The van der Waals surface area contributed by atoms with Crippen LogP contribution in [0.1, 0.15) is 0 Å². The van der Waals surface area contributed by atoms with Crippen molar-refractivity contribution in [2.45, 2.75) is 0 Å². The molecular weight excluding hydrogens is 214 g/mol. The maximum absolute atomic E-state index is 11.3. The van der Waals surface area contributed by atoms with Crippen molar-refractivity contribution in [2.75, 3.05) is 12.0 Å². The van der Waals surface area contributed by atoms with Crippen LogP contribution >= 0.6 is 11.8 Å². The lowest BCUT2D eigenvalue weighted by Crippen LogP contribution is -2.22. The first kappa shape index (κ1) is 10.3. The molecule has 5 nitrogen and oxygen atoms in total. The lowest BCUT2D eigenvalue weighted by atomic mass is 10.7. The first-order valence-electron chi connectivity index (χ1n) is 3.24. The zero-order valence-electron chi connectivity index (χ0n) is 6.72. The fourth-order valence-electron chi connectivity index (χ4n) is 0.821. The van der Waals surface area contributed by atoms with E-state index in [1.54, 1.807) is 6.26 Å². The minimum Gasteiger partial charge on any atom is -0.476 e.